The van der Waals surface area contributed by atoms with Gasteiger partial charge in [0, 0.05) is 43.9 Å². The van der Waals surface area contributed by atoms with Crippen LogP contribution in [-0.4, -0.2) is 43.8 Å². The summed E-state index contributed by atoms with van der Waals surface area (Å²) in [4.78, 5) is 42.2. The average Bonchev–Trinajstić information content (AvgIpc) is 3.21. The molecule has 0 spiro atoms. The standard InChI is InChI=1S/C20H25N5O2/c26-18-12-16(23-20(24-18)17-13-21-7-8-22-17)15-5-9-25(10-6-15)19(27)11-14-3-1-2-4-14/h7-8,12-15H,1-6,9-11H2,(H,23,24,26). The summed E-state index contributed by atoms with van der Waals surface area (Å²) in [5, 5.41) is 0. The minimum atomic E-state index is -0.180. The van der Waals surface area contributed by atoms with E-state index in [1.807, 2.05) is 4.90 Å². The van der Waals surface area contributed by atoms with Crippen LogP contribution in [0.25, 0.3) is 11.5 Å². The van der Waals surface area contributed by atoms with Crippen LogP contribution < -0.4 is 5.56 Å². The number of aromatic nitrogens is 4. The van der Waals surface area contributed by atoms with Gasteiger partial charge in [0.1, 0.15) is 5.69 Å². The Morgan fingerprint density at radius 2 is 1.93 bits per heavy atom. The molecule has 7 heteroatoms. The van der Waals surface area contributed by atoms with E-state index in [-0.39, 0.29) is 11.5 Å². The Hall–Kier alpha value is -2.57. The van der Waals surface area contributed by atoms with Gasteiger partial charge in [0.05, 0.1) is 11.9 Å². The van der Waals surface area contributed by atoms with E-state index in [1.165, 1.54) is 25.7 Å². The number of H-pyrrole nitrogens is 1. The summed E-state index contributed by atoms with van der Waals surface area (Å²) in [6.45, 7) is 1.48. The van der Waals surface area contributed by atoms with E-state index in [1.54, 1.807) is 24.7 Å². The lowest BCUT2D eigenvalue weighted by Gasteiger charge is -2.32. The van der Waals surface area contributed by atoms with E-state index < -0.39 is 0 Å². The number of amides is 1. The fourth-order valence-corrected chi connectivity index (χ4v) is 4.24. The molecule has 0 atom stereocenters. The van der Waals surface area contributed by atoms with Crippen LogP contribution in [0.4, 0.5) is 0 Å². The van der Waals surface area contributed by atoms with Crippen LogP contribution in [0.5, 0.6) is 0 Å². The first-order valence-corrected chi connectivity index (χ1v) is 9.84. The van der Waals surface area contributed by atoms with Crippen LogP contribution >= 0.6 is 0 Å². The lowest BCUT2D eigenvalue weighted by Crippen LogP contribution is -2.38. The molecule has 2 aromatic rings. The third-order valence-corrected chi connectivity index (χ3v) is 5.77. The molecule has 1 saturated heterocycles. The lowest BCUT2D eigenvalue weighted by molar-refractivity contribution is -0.133. The second kappa shape index (κ2) is 7.98. The first-order chi connectivity index (χ1) is 13.2. The first-order valence-electron chi connectivity index (χ1n) is 9.84. The molecule has 7 nitrogen and oxygen atoms in total. The number of carbonyl (C=O) groups is 1. The summed E-state index contributed by atoms with van der Waals surface area (Å²) < 4.78 is 0. The molecule has 2 aromatic heterocycles. The average molecular weight is 367 g/mol. The van der Waals surface area contributed by atoms with E-state index in [0.29, 0.717) is 29.8 Å². The van der Waals surface area contributed by atoms with Gasteiger partial charge in [-0.25, -0.2) is 9.97 Å². The molecule has 3 heterocycles. The third-order valence-electron chi connectivity index (χ3n) is 5.77. The van der Waals surface area contributed by atoms with Crippen LogP contribution in [0.3, 0.4) is 0 Å². The van der Waals surface area contributed by atoms with Gasteiger partial charge in [0.25, 0.3) is 5.56 Å². The van der Waals surface area contributed by atoms with E-state index in [9.17, 15) is 9.59 Å². The van der Waals surface area contributed by atoms with Gasteiger partial charge in [0.15, 0.2) is 5.82 Å². The van der Waals surface area contributed by atoms with Gasteiger partial charge in [0.2, 0.25) is 5.91 Å². The minimum Gasteiger partial charge on any atom is -0.343 e. The van der Waals surface area contributed by atoms with Gasteiger partial charge in [-0.05, 0) is 31.6 Å². The van der Waals surface area contributed by atoms with Crippen molar-refractivity contribution in [3.63, 3.8) is 0 Å². The van der Waals surface area contributed by atoms with Crippen molar-refractivity contribution in [2.75, 3.05) is 13.1 Å². The Kier molecular flexibility index (Phi) is 5.27. The number of piperidine rings is 1. The largest absolute Gasteiger partial charge is 0.343 e. The van der Waals surface area contributed by atoms with E-state index in [2.05, 4.69) is 19.9 Å². The van der Waals surface area contributed by atoms with Crippen molar-refractivity contribution in [2.24, 2.45) is 5.92 Å². The topological polar surface area (TPSA) is 91.8 Å². The zero-order chi connectivity index (χ0) is 18.6. The smallest absolute Gasteiger partial charge is 0.251 e. The highest BCUT2D eigenvalue weighted by atomic mass is 16.2. The molecular formula is C20H25N5O2. The fourth-order valence-electron chi connectivity index (χ4n) is 4.24. The molecule has 2 fully saturated rings. The predicted molar refractivity (Wildman–Crippen MR) is 101 cm³/mol. The van der Waals surface area contributed by atoms with Crippen molar-refractivity contribution in [2.45, 2.75) is 50.9 Å². The van der Waals surface area contributed by atoms with Gasteiger partial charge in [-0.15, -0.1) is 0 Å². The van der Waals surface area contributed by atoms with Crippen LogP contribution in [0.15, 0.2) is 29.5 Å². The number of hydrogen-bond donors (Lipinski definition) is 1. The molecule has 27 heavy (non-hydrogen) atoms. The van der Waals surface area contributed by atoms with Crippen LogP contribution in [0.2, 0.25) is 0 Å². The third kappa shape index (κ3) is 4.23. The van der Waals surface area contributed by atoms with Crippen molar-refractivity contribution in [1.29, 1.82) is 0 Å². The van der Waals surface area contributed by atoms with Gasteiger partial charge >= 0.3 is 0 Å². The molecule has 1 N–H and O–H groups in total. The number of nitrogens with zero attached hydrogens (tertiary/aromatic N) is 4. The maximum Gasteiger partial charge on any atom is 0.251 e. The van der Waals surface area contributed by atoms with Crippen LogP contribution in [0, 0.1) is 5.92 Å². The molecule has 1 aliphatic heterocycles. The fraction of sp³-hybridized carbons (Fsp3) is 0.550. The van der Waals surface area contributed by atoms with Crippen molar-refractivity contribution in [3.8, 4) is 11.5 Å². The molecule has 0 radical (unpaired) electrons. The Labute approximate surface area is 158 Å². The number of aromatic amines is 1. The molecule has 1 amide bonds. The lowest BCUT2D eigenvalue weighted by atomic mass is 9.92. The van der Waals surface area contributed by atoms with E-state index in [0.717, 1.165) is 31.6 Å². The quantitative estimate of drug-likeness (QED) is 0.896. The second-order valence-corrected chi connectivity index (χ2v) is 7.62. The highest BCUT2D eigenvalue weighted by Crippen LogP contribution is 2.30. The van der Waals surface area contributed by atoms with Crippen LogP contribution in [0.1, 0.15) is 56.6 Å². The SMILES string of the molecule is O=C(CC1CCCC1)N1CCC(c2cc(=O)[nH]c(-c3cnccn3)n2)CC1. The molecule has 4 rings (SSSR count). The number of likely N-dealkylation sites (tertiary alicyclic amines) is 1. The zero-order valence-electron chi connectivity index (χ0n) is 15.4. The molecule has 2 aliphatic rings. The van der Waals surface area contributed by atoms with Crippen molar-refractivity contribution in [1.82, 2.24) is 24.8 Å². The predicted octanol–water partition coefficient (Wildman–Crippen LogP) is 2.51. The maximum absolute atomic E-state index is 12.5. The second-order valence-electron chi connectivity index (χ2n) is 7.62. The summed E-state index contributed by atoms with van der Waals surface area (Å²) in [6.07, 6.45) is 12.1. The summed E-state index contributed by atoms with van der Waals surface area (Å²) in [5.74, 6) is 1.52. The molecule has 1 saturated carbocycles. The van der Waals surface area contributed by atoms with Crippen LogP contribution in [-0.2, 0) is 4.79 Å². The molecule has 0 aromatic carbocycles. The number of rotatable bonds is 4. The van der Waals surface area contributed by atoms with Gasteiger partial charge in [-0.1, -0.05) is 12.8 Å². The normalized spacial score (nSPS) is 18.7. The highest BCUT2D eigenvalue weighted by Gasteiger charge is 2.27. The number of nitrogens with one attached hydrogen (secondary N) is 1. The van der Waals surface area contributed by atoms with Crippen molar-refractivity contribution in [3.05, 3.63) is 40.7 Å². The van der Waals surface area contributed by atoms with Gasteiger partial charge < -0.3 is 9.88 Å². The molecule has 0 bridgehead atoms. The van der Waals surface area contributed by atoms with Gasteiger partial charge in [-0.2, -0.15) is 0 Å². The Morgan fingerprint density at radius 1 is 1.15 bits per heavy atom. The molecular weight excluding hydrogens is 342 g/mol. The van der Waals surface area contributed by atoms with Gasteiger partial charge in [-0.3, -0.25) is 14.6 Å². The summed E-state index contributed by atoms with van der Waals surface area (Å²) in [5.41, 5.74) is 1.16. The maximum atomic E-state index is 12.5. The van der Waals surface area contributed by atoms with Crippen molar-refractivity contribution < 1.29 is 4.79 Å². The van der Waals surface area contributed by atoms with Crippen molar-refractivity contribution >= 4 is 5.91 Å². The Balaban J connectivity index is 1.41. The molecule has 142 valence electrons. The highest BCUT2D eigenvalue weighted by molar-refractivity contribution is 5.76. The Bertz CT molecular complexity index is 837. The van der Waals surface area contributed by atoms with E-state index in [4.69, 9.17) is 0 Å². The zero-order valence-corrected chi connectivity index (χ0v) is 15.4. The first kappa shape index (κ1) is 17.8. The number of carbonyl (C=O) groups excluding carboxylic acids is 1. The summed E-state index contributed by atoms with van der Waals surface area (Å²) in [7, 11) is 0. The number of hydrogen-bond acceptors (Lipinski definition) is 5. The monoisotopic (exact) mass is 367 g/mol. The minimum absolute atomic E-state index is 0.180. The molecule has 1 aliphatic carbocycles. The summed E-state index contributed by atoms with van der Waals surface area (Å²) in [6, 6.07) is 1.57. The van der Waals surface area contributed by atoms with E-state index >= 15 is 0 Å². The summed E-state index contributed by atoms with van der Waals surface area (Å²) >= 11 is 0. The molecule has 0 unspecified atom stereocenters. The Morgan fingerprint density at radius 3 is 2.63 bits per heavy atom.